The molecular weight excluding hydrogens is 244 g/mol. The molecule has 0 bridgehead atoms. The quantitative estimate of drug-likeness (QED) is 0.671. The number of aromatic nitrogens is 1. The normalized spacial score (nSPS) is 12.2. The summed E-state index contributed by atoms with van der Waals surface area (Å²) in [6.07, 6.45) is 1.72. The molecular formula is C14H22N2O3. The molecule has 1 aromatic heterocycles. The molecule has 1 aromatic rings. The zero-order valence-electron chi connectivity index (χ0n) is 11.8. The lowest BCUT2D eigenvalue weighted by molar-refractivity contribution is -0.137. The smallest absolute Gasteiger partial charge is 0.248 e. The lowest BCUT2D eigenvalue weighted by Crippen LogP contribution is -2.33. The third-order valence-corrected chi connectivity index (χ3v) is 2.89. The fraction of sp³-hybridized carbons (Fsp3) is 0.571. The summed E-state index contributed by atoms with van der Waals surface area (Å²) < 4.78 is 10.4. The predicted octanol–water partition coefficient (Wildman–Crippen LogP) is 1.65. The Hall–Kier alpha value is -1.46. The highest BCUT2D eigenvalue weighted by molar-refractivity contribution is 5.77. The van der Waals surface area contributed by atoms with Gasteiger partial charge in [0.2, 0.25) is 5.91 Å². The highest BCUT2D eigenvalue weighted by atomic mass is 16.5. The summed E-state index contributed by atoms with van der Waals surface area (Å²) in [7, 11) is 1.76. The lowest BCUT2D eigenvalue weighted by atomic mass is 10.2. The maximum Gasteiger partial charge on any atom is 0.248 e. The average Bonchev–Trinajstić information content (AvgIpc) is 2.46. The van der Waals surface area contributed by atoms with E-state index in [0.29, 0.717) is 19.8 Å². The van der Waals surface area contributed by atoms with Gasteiger partial charge in [-0.2, -0.15) is 0 Å². The van der Waals surface area contributed by atoms with Gasteiger partial charge < -0.3 is 14.4 Å². The number of hydrogen-bond acceptors (Lipinski definition) is 4. The molecule has 0 spiro atoms. The molecule has 0 aromatic carbocycles. The van der Waals surface area contributed by atoms with Gasteiger partial charge in [0.1, 0.15) is 6.61 Å². The van der Waals surface area contributed by atoms with Crippen LogP contribution in [0.25, 0.3) is 0 Å². The summed E-state index contributed by atoms with van der Waals surface area (Å²) in [5.74, 6) is -0.0605. The second-order valence-electron chi connectivity index (χ2n) is 4.18. The molecule has 0 aliphatic rings. The van der Waals surface area contributed by atoms with Gasteiger partial charge in [0, 0.05) is 19.9 Å². The molecule has 5 heteroatoms. The van der Waals surface area contributed by atoms with Crippen molar-refractivity contribution in [1.82, 2.24) is 9.88 Å². The molecule has 0 aliphatic carbocycles. The molecule has 0 saturated heterocycles. The number of hydrogen-bond donors (Lipinski definition) is 0. The van der Waals surface area contributed by atoms with Gasteiger partial charge >= 0.3 is 0 Å². The van der Waals surface area contributed by atoms with Crippen LogP contribution < -0.4 is 0 Å². The number of ether oxygens (including phenoxy) is 2. The molecule has 0 saturated carbocycles. The maximum atomic E-state index is 11.9. The zero-order valence-corrected chi connectivity index (χ0v) is 11.8. The van der Waals surface area contributed by atoms with Crippen molar-refractivity contribution in [3.8, 4) is 0 Å². The largest absolute Gasteiger partial charge is 0.379 e. The second-order valence-corrected chi connectivity index (χ2v) is 4.18. The van der Waals surface area contributed by atoms with Crippen LogP contribution in [0.15, 0.2) is 24.4 Å². The third-order valence-electron chi connectivity index (χ3n) is 2.89. The van der Waals surface area contributed by atoms with Crippen LogP contribution in [0, 0.1) is 0 Å². The summed E-state index contributed by atoms with van der Waals surface area (Å²) >= 11 is 0. The zero-order chi connectivity index (χ0) is 14.1. The van der Waals surface area contributed by atoms with Crippen molar-refractivity contribution in [1.29, 1.82) is 0 Å². The van der Waals surface area contributed by atoms with Gasteiger partial charge in [-0.05, 0) is 26.0 Å². The Bertz CT molecular complexity index is 370. The molecule has 1 heterocycles. The highest BCUT2D eigenvalue weighted by Gasteiger charge is 2.17. The summed E-state index contributed by atoms with van der Waals surface area (Å²) in [5, 5.41) is 0. The minimum atomic E-state index is -0.0656. The molecule has 0 fully saturated rings. The highest BCUT2D eigenvalue weighted by Crippen LogP contribution is 2.15. The number of pyridine rings is 1. The maximum absolute atomic E-state index is 11.9. The van der Waals surface area contributed by atoms with Gasteiger partial charge in [-0.15, -0.1) is 0 Å². The van der Waals surface area contributed by atoms with Crippen molar-refractivity contribution >= 4 is 5.91 Å². The first-order valence-electron chi connectivity index (χ1n) is 6.49. The van der Waals surface area contributed by atoms with Crippen LogP contribution in [0.4, 0.5) is 0 Å². The summed E-state index contributed by atoms with van der Waals surface area (Å²) in [4.78, 5) is 17.8. The van der Waals surface area contributed by atoms with Crippen LogP contribution in [-0.2, 0) is 14.3 Å². The second kappa shape index (κ2) is 8.61. The van der Waals surface area contributed by atoms with E-state index in [-0.39, 0.29) is 18.6 Å². The van der Waals surface area contributed by atoms with Gasteiger partial charge in [-0.1, -0.05) is 6.07 Å². The van der Waals surface area contributed by atoms with Crippen molar-refractivity contribution in [3.05, 3.63) is 30.1 Å². The Morgan fingerprint density at radius 3 is 2.74 bits per heavy atom. The van der Waals surface area contributed by atoms with E-state index in [1.807, 2.05) is 32.0 Å². The van der Waals surface area contributed by atoms with Crippen molar-refractivity contribution < 1.29 is 14.3 Å². The van der Waals surface area contributed by atoms with Crippen molar-refractivity contribution in [3.63, 3.8) is 0 Å². The number of rotatable bonds is 8. The van der Waals surface area contributed by atoms with Gasteiger partial charge in [0.25, 0.3) is 0 Å². The van der Waals surface area contributed by atoms with Crippen LogP contribution >= 0.6 is 0 Å². The van der Waals surface area contributed by atoms with Crippen LogP contribution in [-0.4, -0.2) is 49.3 Å². The van der Waals surface area contributed by atoms with E-state index in [4.69, 9.17) is 9.47 Å². The SMILES string of the molecule is CCOCCOCC(=O)N(C)[C@H](C)c1ccccn1. The molecule has 5 nitrogen and oxygen atoms in total. The Labute approximate surface area is 114 Å². The van der Waals surface area contributed by atoms with Gasteiger partial charge in [-0.3, -0.25) is 9.78 Å². The van der Waals surface area contributed by atoms with Crippen molar-refractivity contribution in [2.75, 3.05) is 33.5 Å². The van der Waals surface area contributed by atoms with E-state index in [2.05, 4.69) is 4.98 Å². The van der Waals surface area contributed by atoms with Crippen molar-refractivity contribution in [2.24, 2.45) is 0 Å². The van der Waals surface area contributed by atoms with Gasteiger partial charge in [0.05, 0.1) is 24.9 Å². The van der Waals surface area contributed by atoms with Gasteiger partial charge in [-0.25, -0.2) is 0 Å². The molecule has 1 amide bonds. The fourth-order valence-corrected chi connectivity index (χ4v) is 1.56. The van der Waals surface area contributed by atoms with Crippen LogP contribution in [0.2, 0.25) is 0 Å². The first-order valence-corrected chi connectivity index (χ1v) is 6.49. The van der Waals surface area contributed by atoms with E-state index in [9.17, 15) is 4.79 Å². The van der Waals surface area contributed by atoms with E-state index < -0.39 is 0 Å². The third kappa shape index (κ3) is 5.36. The molecule has 19 heavy (non-hydrogen) atoms. The summed E-state index contributed by atoms with van der Waals surface area (Å²) in [5.41, 5.74) is 0.868. The molecule has 0 N–H and O–H groups in total. The summed E-state index contributed by atoms with van der Waals surface area (Å²) in [6, 6.07) is 5.61. The molecule has 1 rings (SSSR count). The minimum Gasteiger partial charge on any atom is -0.379 e. The molecule has 0 aliphatic heterocycles. The lowest BCUT2D eigenvalue weighted by Gasteiger charge is -2.24. The van der Waals surface area contributed by atoms with Crippen molar-refractivity contribution in [2.45, 2.75) is 19.9 Å². The molecule has 0 unspecified atom stereocenters. The average molecular weight is 266 g/mol. The first kappa shape index (κ1) is 15.6. The Kier molecular flexibility index (Phi) is 7.07. The van der Waals surface area contributed by atoms with Crippen LogP contribution in [0.5, 0.6) is 0 Å². The minimum absolute atomic E-state index is 0.0605. The topological polar surface area (TPSA) is 51.7 Å². The predicted molar refractivity (Wildman–Crippen MR) is 72.7 cm³/mol. The van der Waals surface area contributed by atoms with E-state index >= 15 is 0 Å². The number of carbonyl (C=O) groups is 1. The first-order chi connectivity index (χ1) is 9.16. The monoisotopic (exact) mass is 266 g/mol. The molecule has 106 valence electrons. The van der Waals surface area contributed by atoms with Crippen LogP contribution in [0.1, 0.15) is 25.6 Å². The Balaban J connectivity index is 2.35. The number of carbonyl (C=O) groups excluding carboxylic acids is 1. The van der Waals surface area contributed by atoms with Crippen LogP contribution in [0.3, 0.4) is 0 Å². The fourth-order valence-electron chi connectivity index (χ4n) is 1.56. The number of amides is 1. The summed E-state index contributed by atoms with van der Waals surface area (Å²) in [6.45, 7) is 5.55. The number of likely N-dealkylation sites (N-methyl/N-ethyl adjacent to an activating group) is 1. The molecule has 1 atom stereocenters. The standard InChI is InChI=1S/C14H22N2O3/c1-4-18-9-10-19-11-14(17)16(3)12(2)13-7-5-6-8-15-13/h5-8,12H,4,9-11H2,1-3H3/t12-/m1/s1. The number of nitrogens with zero attached hydrogens (tertiary/aromatic N) is 2. The van der Waals surface area contributed by atoms with E-state index in [1.54, 1.807) is 18.1 Å². The van der Waals surface area contributed by atoms with Gasteiger partial charge in [0.15, 0.2) is 0 Å². The Morgan fingerprint density at radius 2 is 2.11 bits per heavy atom. The van der Waals surface area contributed by atoms with E-state index in [0.717, 1.165) is 5.69 Å². The molecule has 0 radical (unpaired) electrons. The van der Waals surface area contributed by atoms with E-state index in [1.165, 1.54) is 0 Å². The Morgan fingerprint density at radius 1 is 1.37 bits per heavy atom.